The number of hydrogen-bond donors (Lipinski definition) is 3. The van der Waals surface area contributed by atoms with Crippen molar-refractivity contribution in [3.05, 3.63) is 75.0 Å². The van der Waals surface area contributed by atoms with Crippen LogP contribution >= 0.6 is 11.8 Å². The Morgan fingerprint density at radius 3 is 2.70 bits per heavy atom. The number of aryl methyl sites for hydroxylation is 1. The SMILES string of the molecule is COc1c(C)cc2c(c1O)[C@H]1[C@@H]3[C@@H]4SC[C@]5(N[C@H](CN)Cc6c5oc5ccccc65)C(=O)OC[C@@H](c5c6c(c(C)c(OC(C)=O)c54)OCO6)N3C(C#N)(C2)CN1C. The third-order valence-electron chi connectivity index (χ3n) is 12.9. The largest absolute Gasteiger partial charge is 0.504 e. The van der Waals surface area contributed by atoms with Gasteiger partial charge in [-0.15, -0.1) is 11.8 Å². The second-order valence-electron chi connectivity index (χ2n) is 16.1. The molecule has 1 spiro atoms. The molecule has 9 heterocycles. The maximum Gasteiger partial charge on any atom is 0.335 e. The van der Waals surface area contributed by atoms with E-state index in [9.17, 15) is 15.2 Å². The molecule has 8 atom stereocenters. The van der Waals surface area contributed by atoms with Crippen molar-refractivity contribution < 1.29 is 42.8 Å². The number of nitriles is 1. The van der Waals surface area contributed by atoms with E-state index in [1.807, 2.05) is 51.2 Å². The summed E-state index contributed by atoms with van der Waals surface area (Å²) in [5.74, 6) is 1.20. The summed E-state index contributed by atoms with van der Waals surface area (Å²) in [4.78, 5) is 32.4. The van der Waals surface area contributed by atoms with Crippen molar-refractivity contribution in [2.24, 2.45) is 5.73 Å². The topological polar surface area (TPSA) is 182 Å². The van der Waals surface area contributed by atoms with Crippen LogP contribution in [0.25, 0.3) is 11.0 Å². The highest BCUT2D eigenvalue weighted by atomic mass is 32.2. The molecule has 15 heteroatoms. The number of hydrogen-bond acceptors (Lipinski definition) is 15. The van der Waals surface area contributed by atoms with Gasteiger partial charge < -0.3 is 38.9 Å². The van der Waals surface area contributed by atoms with Crippen LogP contribution < -0.4 is 30.0 Å². The summed E-state index contributed by atoms with van der Waals surface area (Å²) in [5.41, 5.74) is 9.50. The molecule has 0 saturated carbocycles. The third kappa shape index (κ3) is 4.85. The zero-order chi connectivity index (χ0) is 39.7. The van der Waals surface area contributed by atoms with Crippen LogP contribution in [0.3, 0.4) is 0 Å². The first-order valence-electron chi connectivity index (χ1n) is 19.2. The van der Waals surface area contributed by atoms with Crippen molar-refractivity contribution in [3.8, 4) is 34.8 Å². The van der Waals surface area contributed by atoms with Gasteiger partial charge in [0.15, 0.2) is 28.5 Å². The van der Waals surface area contributed by atoms with Crippen LogP contribution in [0.15, 0.2) is 34.7 Å². The van der Waals surface area contributed by atoms with Crippen LogP contribution in [0, 0.1) is 25.2 Å². The second kappa shape index (κ2) is 12.8. The highest BCUT2D eigenvalue weighted by Gasteiger charge is 2.64. The van der Waals surface area contributed by atoms with Gasteiger partial charge in [0.25, 0.3) is 0 Å². The van der Waals surface area contributed by atoms with Crippen molar-refractivity contribution in [2.45, 2.75) is 74.1 Å². The molecular formula is C42H43N5O9S. The molecule has 14 nitrogen and oxygen atoms in total. The molecule has 8 aliphatic heterocycles. The molecule has 12 rings (SSSR count). The summed E-state index contributed by atoms with van der Waals surface area (Å²) in [6, 6.07) is 10.4. The Morgan fingerprint density at radius 2 is 1.95 bits per heavy atom. The average molecular weight is 794 g/mol. The maximum atomic E-state index is 15.1. The number of esters is 2. The number of fused-ring (bicyclic) bond motifs is 8. The predicted octanol–water partition coefficient (Wildman–Crippen LogP) is 4.35. The lowest BCUT2D eigenvalue weighted by Gasteiger charge is -2.60. The van der Waals surface area contributed by atoms with Crippen LogP contribution in [0.4, 0.5) is 0 Å². The lowest BCUT2D eigenvalue weighted by atomic mass is 9.76. The van der Waals surface area contributed by atoms with E-state index in [-0.39, 0.29) is 43.9 Å². The summed E-state index contributed by atoms with van der Waals surface area (Å²) in [7, 11) is 3.51. The maximum absolute atomic E-state index is 15.1. The molecular weight excluding hydrogens is 751 g/mol. The van der Waals surface area contributed by atoms with Crippen molar-refractivity contribution in [2.75, 3.05) is 46.4 Å². The fourth-order valence-electron chi connectivity index (χ4n) is 10.9. The number of carbonyl (C=O) groups excluding carboxylic acids is 2. The van der Waals surface area contributed by atoms with Crippen molar-refractivity contribution in [3.63, 3.8) is 0 Å². The molecule has 0 amide bonds. The van der Waals surface area contributed by atoms with Crippen LogP contribution in [0.5, 0.6) is 28.7 Å². The third-order valence-corrected chi connectivity index (χ3v) is 14.4. The first-order valence-corrected chi connectivity index (χ1v) is 20.2. The lowest BCUT2D eigenvalue weighted by molar-refractivity contribution is -0.159. The van der Waals surface area contributed by atoms with Gasteiger partial charge in [0.1, 0.15) is 29.2 Å². The molecule has 296 valence electrons. The van der Waals surface area contributed by atoms with Gasteiger partial charge in [-0.05, 0) is 44.5 Å². The number of para-hydroxylation sites is 1. The number of methoxy groups -OCH3 is 1. The van der Waals surface area contributed by atoms with Gasteiger partial charge in [-0.1, -0.05) is 24.3 Å². The Kier molecular flexibility index (Phi) is 8.14. The molecule has 2 saturated heterocycles. The van der Waals surface area contributed by atoms with Crippen molar-refractivity contribution in [1.82, 2.24) is 15.1 Å². The van der Waals surface area contributed by atoms with E-state index in [0.717, 1.165) is 22.1 Å². The normalized spacial score (nSPS) is 30.8. The zero-order valence-electron chi connectivity index (χ0n) is 32.3. The highest BCUT2D eigenvalue weighted by molar-refractivity contribution is 7.99. The van der Waals surface area contributed by atoms with E-state index in [1.54, 1.807) is 0 Å². The Balaban J connectivity index is 1.27. The number of carbonyl (C=O) groups is 2. The Hall–Kier alpha value is -4.98. The predicted molar refractivity (Wildman–Crippen MR) is 208 cm³/mol. The number of phenols is 1. The molecule has 2 unspecified atom stereocenters. The summed E-state index contributed by atoms with van der Waals surface area (Å²) < 4.78 is 37.5. The summed E-state index contributed by atoms with van der Waals surface area (Å²) in [6.07, 6.45) is 0.835. The Bertz CT molecular complexity index is 2460. The van der Waals surface area contributed by atoms with E-state index >= 15 is 4.79 Å². The summed E-state index contributed by atoms with van der Waals surface area (Å²) in [6.45, 7) is 5.43. The van der Waals surface area contributed by atoms with E-state index in [1.165, 1.54) is 25.8 Å². The van der Waals surface area contributed by atoms with E-state index in [4.69, 9.17) is 33.8 Å². The smallest absolute Gasteiger partial charge is 0.335 e. The first-order chi connectivity index (χ1) is 27.5. The number of nitrogens with one attached hydrogen (secondary N) is 1. The number of likely N-dealkylation sites (N-methyl/N-ethyl adjacent to an activating group) is 1. The van der Waals surface area contributed by atoms with Crippen LogP contribution in [0.2, 0.25) is 0 Å². The Morgan fingerprint density at radius 1 is 1.16 bits per heavy atom. The number of furan rings is 1. The van der Waals surface area contributed by atoms with E-state index in [2.05, 4.69) is 21.2 Å². The molecule has 1 aromatic heterocycles. The molecule has 0 radical (unpaired) electrons. The van der Waals surface area contributed by atoms with Crippen LogP contribution in [-0.4, -0.2) is 90.9 Å². The number of piperazine rings is 1. The van der Waals surface area contributed by atoms with Gasteiger partial charge in [-0.25, -0.2) is 4.79 Å². The van der Waals surface area contributed by atoms with Gasteiger partial charge >= 0.3 is 11.9 Å². The number of nitrogens with zero attached hydrogens (tertiary/aromatic N) is 3. The number of rotatable bonds is 3. The number of ether oxygens (including phenoxy) is 5. The van der Waals surface area contributed by atoms with Gasteiger partial charge in [0.05, 0.1) is 30.5 Å². The number of thioether (sulfide) groups is 1. The molecule has 4 bridgehead atoms. The van der Waals surface area contributed by atoms with Crippen LogP contribution in [0.1, 0.15) is 69.0 Å². The molecule has 4 N–H and O–H groups in total. The van der Waals surface area contributed by atoms with Crippen molar-refractivity contribution >= 4 is 34.7 Å². The molecule has 2 fully saturated rings. The van der Waals surface area contributed by atoms with E-state index in [0.29, 0.717) is 69.6 Å². The fourth-order valence-corrected chi connectivity index (χ4v) is 12.5. The molecule has 57 heavy (non-hydrogen) atoms. The summed E-state index contributed by atoms with van der Waals surface area (Å²) >= 11 is 1.49. The number of nitrogens with two attached hydrogens (primary N) is 1. The lowest BCUT2D eigenvalue weighted by Crippen LogP contribution is -2.69. The summed E-state index contributed by atoms with van der Waals surface area (Å²) in [5, 5.41) is 27.6. The minimum absolute atomic E-state index is 0.0229. The minimum atomic E-state index is -1.46. The number of aromatic hydroxyl groups is 1. The number of phenolic OH excluding ortho intramolecular Hbond substituents is 1. The van der Waals surface area contributed by atoms with Gasteiger partial charge in [-0.2, -0.15) is 5.26 Å². The van der Waals surface area contributed by atoms with E-state index < -0.39 is 46.4 Å². The van der Waals surface area contributed by atoms with Crippen LogP contribution in [-0.2, 0) is 32.7 Å². The minimum Gasteiger partial charge on any atom is -0.504 e. The van der Waals surface area contributed by atoms with Crippen molar-refractivity contribution in [1.29, 1.82) is 5.26 Å². The molecule has 0 aliphatic carbocycles. The fraction of sp³-hybridized carbons (Fsp3) is 0.452. The average Bonchev–Trinajstić information content (AvgIpc) is 3.78. The zero-order valence-corrected chi connectivity index (χ0v) is 33.1. The standard InChI is InChI=1S/C42H43N5O9S/c1-19-10-22-12-41(15-44)16-46(4)31(28(22)33(49)34(19)51-5)32-38-30-29(37-36(53-18-54-37)20(2)35(30)55-21(3)48)26(47(32)41)14-52-40(50)42(17-57-38)39-25(11-23(13-43)45-42)24-8-6-7-9-27(24)56-39/h6-10,23,26,31-32,38,45,49H,11-14,16-18,43H2,1-5H3/t23-,26-,31-,32+,38+,41?,42+/m0/s1. The quantitative estimate of drug-likeness (QED) is 0.197. The molecule has 8 aliphatic rings. The van der Waals surface area contributed by atoms with Gasteiger partial charge in [0.2, 0.25) is 6.79 Å². The second-order valence-corrected chi connectivity index (χ2v) is 17.2. The highest BCUT2D eigenvalue weighted by Crippen LogP contribution is 2.65. The first kappa shape index (κ1) is 36.4. The number of benzene rings is 3. The Labute approximate surface area is 333 Å². The van der Waals surface area contributed by atoms with Gasteiger partial charge in [0, 0.05) is 77.5 Å². The van der Waals surface area contributed by atoms with Gasteiger partial charge in [-0.3, -0.25) is 19.9 Å². The monoisotopic (exact) mass is 793 g/mol. The molecule has 3 aromatic carbocycles. The molecule has 4 aromatic rings.